The zero-order valence-electron chi connectivity index (χ0n) is 22.4. The average Bonchev–Trinajstić information content (AvgIpc) is 3.64. The number of amides is 1. The van der Waals surface area contributed by atoms with Crippen LogP contribution < -0.4 is 10.1 Å². The summed E-state index contributed by atoms with van der Waals surface area (Å²) < 4.78 is 8.20. The average molecular weight is 523 g/mol. The van der Waals surface area contributed by atoms with Crippen LogP contribution in [0.4, 0.5) is 0 Å². The lowest BCUT2D eigenvalue weighted by molar-refractivity contribution is -0.123. The van der Waals surface area contributed by atoms with E-state index in [0.717, 1.165) is 47.0 Å². The molecule has 0 aliphatic heterocycles. The molecule has 0 fully saturated rings. The first-order chi connectivity index (χ1) is 19.1. The summed E-state index contributed by atoms with van der Waals surface area (Å²) in [5.74, 6) is 1.58. The number of nitrogens with zero attached hydrogens (tertiary/aromatic N) is 4. The Morgan fingerprint density at radius 1 is 1.03 bits per heavy atom. The van der Waals surface area contributed by atoms with Crippen LogP contribution in [0, 0.1) is 0 Å². The normalized spacial score (nSPS) is 12.8. The predicted octanol–water partition coefficient (Wildman–Crippen LogP) is 5.39. The van der Waals surface area contributed by atoms with Crippen molar-refractivity contribution in [3.05, 3.63) is 108 Å². The number of aromatic amines is 1. The van der Waals surface area contributed by atoms with Crippen molar-refractivity contribution >= 4 is 16.8 Å². The predicted molar refractivity (Wildman–Crippen MR) is 151 cm³/mol. The van der Waals surface area contributed by atoms with Crippen LogP contribution in [0.3, 0.4) is 0 Å². The number of hydrogen-bond donors (Lipinski definition) is 2. The lowest BCUT2D eigenvalue weighted by Gasteiger charge is -2.16. The number of ether oxygens (including phenoxy) is 1. The van der Waals surface area contributed by atoms with E-state index >= 15 is 0 Å². The number of hydrogen-bond acceptors (Lipinski definition) is 5. The molecule has 1 amide bonds. The molecule has 5 rings (SSSR count). The highest BCUT2D eigenvalue weighted by atomic mass is 16.5. The zero-order chi connectivity index (χ0) is 27.0. The van der Waals surface area contributed by atoms with Crippen LogP contribution in [0.2, 0.25) is 0 Å². The zero-order valence-corrected chi connectivity index (χ0v) is 22.4. The van der Waals surface area contributed by atoms with Gasteiger partial charge in [0.15, 0.2) is 5.82 Å². The molecule has 8 heteroatoms. The van der Waals surface area contributed by atoms with E-state index in [2.05, 4.69) is 74.0 Å². The van der Waals surface area contributed by atoms with Crippen LogP contribution >= 0.6 is 0 Å². The van der Waals surface area contributed by atoms with E-state index < -0.39 is 0 Å². The maximum absolute atomic E-state index is 13.2. The second-order valence-electron chi connectivity index (χ2n) is 9.80. The van der Waals surface area contributed by atoms with Gasteiger partial charge < -0.3 is 14.6 Å². The number of rotatable bonds is 12. The number of benzene rings is 3. The number of aromatic nitrogens is 5. The minimum Gasteiger partial charge on any atom is -0.489 e. The molecule has 0 saturated heterocycles. The molecule has 2 unspecified atom stereocenters. The molecule has 0 bridgehead atoms. The molecule has 2 heterocycles. The van der Waals surface area contributed by atoms with Crippen LogP contribution in [0.15, 0.2) is 85.1 Å². The summed E-state index contributed by atoms with van der Waals surface area (Å²) in [5, 5.41) is 19.0. The SMILES string of the molecule is CCC(Cc1cn(C(C)C(=O)NCCc2ccccc2)c2ccc(OCc3ccccc3)cc12)c1nn[nH]n1. The standard InChI is InChI=1S/C31H34N6O2/c1-3-25(30-33-35-36-34-30)18-26-20-37(22(2)31(38)32-17-16-23-10-6-4-7-11-23)29-15-14-27(19-28(26)29)39-21-24-12-8-5-9-13-24/h4-15,19-20,22,25H,3,16-18,21H2,1-2H3,(H,32,38)(H,33,34,35,36). The number of fused-ring (bicyclic) bond motifs is 1. The third-order valence-corrected chi connectivity index (χ3v) is 7.17. The van der Waals surface area contributed by atoms with E-state index in [1.54, 1.807) is 0 Å². The Labute approximate surface area is 228 Å². The maximum atomic E-state index is 13.2. The monoisotopic (exact) mass is 522 g/mol. The molecule has 2 N–H and O–H groups in total. The fourth-order valence-corrected chi connectivity index (χ4v) is 4.89. The Kier molecular flexibility index (Phi) is 8.31. The van der Waals surface area contributed by atoms with Gasteiger partial charge in [-0.1, -0.05) is 72.8 Å². The molecule has 0 saturated carbocycles. The van der Waals surface area contributed by atoms with Crippen molar-refractivity contribution in [2.24, 2.45) is 0 Å². The van der Waals surface area contributed by atoms with E-state index in [1.807, 2.05) is 55.5 Å². The van der Waals surface area contributed by atoms with Crippen molar-refractivity contribution in [1.29, 1.82) is 0 Å². The van der Waals surface area contributed by atoms with E-state index in [-0.39, 0.29) is 17.9 Å². The number of carbonyl (C=O) groups excluding carboxylic acids is 1. The summed E-state index contributed by atoms with van der Waals surface area (Å²) in [7, 11) is 0. The molecule has 0 radical (unpaired) electrons. The molecule has 5 aromatic rings. The molecule has 0 aliphatic rings. The molecule has 3 aromatic carbocycles. The van der Waals surface area contributed by atoms with Gasteiger partial charge in [0.1, 0.15) is 18.4 Å². The highest BCUT2D eigenvalue weighted by molar-refractivity contribution is 5.89. The van der Waals surface area contributed by atoms with Gasteiger partial charge in [-0.15, -0.1) is 10.2 Å². The van der Waals surface area contributed by atoms with Crippen molar-refractivity contribution in [1.82, 2.24) is 30.5 Å². The van der Waals surface area contributed by atoms with Gasteiger partial charge in [-0.05, 0) is 61.1 Å². The number of tetrazole rings is 1. The van der Waals surface area contributed by atoms with Crippen molar-refractivity contribution in [2.45, 2.75) is 51.7 Å². The van der Waals surface area contributed by atoms with Crippen LogP contribution in [-0.4, -0.2) is 37.6 Å². The Hall–Kier alpha value is -4.46. The largest absolute Gasteiger partial charge is 0.489 e. The number of nitrogens with one attached hydrogen (secondary N) is 2. The van der Waals surface area contributed by atoms with Crippen molar-refractivity contribution in [2.75, 3.05) is 6.54 Å². The summed E-state index contributed by atoms with van der Waals surface area (Å²) in [6.45, 7) is 5.14. The summed E-state index contributed by atoms with van der Waals surface area (Å²) >= 11 is 0. The minimum atomic E-state index is -0.377. The molecule has 200 valence electrons. The molecule has 39 heavy (non-hydrogen) atoms. The summed E-state index contributed by atoms with van der Waals surface area (Å²) in [6.07, 6.45) is 4.48. The van der Waals surface area contributed by atoms with Crippen LogP contribution in [0.25, 0.3) is 10.9 Å². The molecule has 8 nitrogen and oxygen atoms in total. The Morgan fingerprint density at radius 3 is 2.46 bits per heavy atom. The smallest absolute Gasteiger partial charge is 0.242 e. The van der Waals surface area contributed by atoms with Gasteiger partial charge in [-0.2, -0.15) is 5.21 Å². The minimum absolute atomic E-state index is 0.0102. The third-order valence-electron chi connectivity index (χ3n) is 7.17. The summed E-state index contributed by atoms with van der Waals surface area (Å²) in [4.78, 5) is 13.2. The Morgan fingerprint density at radius 2 is 1.77 bits per heavy atom. The van der Waals surface area contributed by atoms with Crippen molar-refractivity contribution in [3.8, 4) is 5.75 Å². The second kappa shape index (κ2) is 12.4. The molecular formula is C31H34N6O2. The first-order valence-electron chi connectivity index (χ1n) is 13.5. The van der Waals surface area contributed by atoms with Crippen molar-refractivity contribution in [3.63, 3.8) is 0 Å². The third kappa shape index (κ3) is 6.34. The van der Waals surface area contributed by atoms with E-state index in [0.29, 0.717) is 19.0 Å². The lowest BCUT2D eigenvalue weighted by Crippen LogP contribution is -2.32. The molecule has 0 aliphatic carbocycles. The molecule has 0 spiro atoms. The number of H-pyrrole nitrogens is 1. The quantitative estimate of drug-likeness (QED) is 0.229. The number of carbonyl (C=O) groups is 1. The lowest BCUT2D eigenvalue weighted by atomic mass is 9.96. The second-order valence-corrected chi connectivity index (χ2v) is 9.80. The maximum Gasteiger partial charge on any atom is 0.242 e. The van der Waals surface area contributed by atoms with Crippen molar-refractivity contribution < 1.29 is 9.53 Å². The van der Waals surface area contributed by atoms with Gasteiger partial charge in [-0.3, -0.25) is 4.79 Å². The first kappa shape index (κ1) is 26.2. The molecule has 2 aromatic heterocycles. The Bertz CT molecular complexity index is 1480. The highest BCUT2D eigenvalue weighted by Crippen LogP contribution is 2.32. The van der Waals surface area contributed by atoms with Crippen LogP contribution in [-0.2, 0) is 24.2 Å². The molecule has 2 atom stereocenters. The van der Waals surface area contributed by atoms with Gasteiger partial charge in [0.2, 0.25) is 5.91 Å². The van der Waals surface area contributed by atoms with E-state index in [1.165, 1.54) is 5.56 Å². The fraction of sp³-hybridized carbons (Fsp3) is 0.290. The first-order valence-corrected chi connectivity index (χ1v) is 13.5. The van der Waals surface area contributed by atoms with Gasteiger partial charge in [0.05, 0.1) is 0 Å². The molecular weight excluding hydrogens is 488 g/mol. The summed E-state index contributed by atoms with van der Waals surface area (Å²) in [6, 6.07) is 26.0. The van der Waals surface area contributed by atoms with Gasteiger partial charge in [0, 0.05) is 29.6 Å². The fourth-order valence-electron chi connectivity index (χ4n) is 4.89. The summed E-state index contributed by atoms with van der Waals surface area (Å²) in [5.41, 5.74) is 4.43. The van der Waals surface area contributed by atoms with E-state index in [9.17, 15) is 4.79 Å². The van der Waals surface area contributed by atoms with Gasteiger partial charge in [0.25, 0.3) is 0 Å². The Balaban J connectivity index is 1.39. The van der Waals surface area contributed by atoms with Gasteiger partial charge in [-0.25, -0.2) is 0 Å². The topological polar surface area (TPSA) is 97.7 Å². The highest BCUT2D eigenvalue weighted by Gasteiger charge is 2.22. The van der Waals surface area contributed by atoms with Gasteiger partial charge >= 0.3 is 0 Å². The van der Waals surface area contributed by atoms with E-state index in [4.69, 9.17) is 4.74 Å². The van der Waals surface area contributed by atoms with Crippen LogP contribution in [0.1, 0.15) is 54.7 Å². The van der Waals surface area contributed by atoms with Crippen LogP contribution in [0.5, 0.6) is 5.75 Å².